The SMILES string of the molecule is CCCc1nc(Cl)c(C)c(-n2cnc(C(=O)OC)n2)n1. The molecule has 0 N–H and O–H groups in total. The summed E-state index contributed by atoms with van der Waals surface area (Å²) in [5, 5.41) is 4.41. The number of nitrogens with zero attached hydrogens (tertiary/aromatic N) is 5. The molecule has 2 aromatic heterocycles. The summed E-state index contributed by atoms with van der Waals surface area (Å²) in [5.74, 6) is 0.512. The molecule has 2 heterocycles. The molecule has 0 aliphatic rings. The van der Waals surface area contributed by atoms with Gasteiger partial charge >= 0.3 is 5.97 Å². The molecular formula is C12H14ClN5O2. The number of methoxy groups -OCH3 is 1. The van der Waals surface area contributed by atoms with Crippen LogP contribution in [-0.4, -0.2) is 37.8 Å². The van der Waals surface area contributed by atoms with Crippen molar-refractivity contribution in [3.05, 3.63) is 28.7 Å². The average molecular weight is 296 g/mol. The van der Waals surface area contributed by atoms with Gasteiger partial charge in [0, 0.05) is 12.0 Å². The summed E-state index contributed by atoms with van der Waals surface area (Å²) in [5.41, 5.74) is 0.674. The van der Waals surface area contributed by atoms with Crippen molar-refractivity contribution in [1.82, 2.24) is 24.7 Å². The standard InChI is InChI=1S/C12H14ClN5O2/c1-4-5-8-15-9(13)7(2)11(16-8)18-6-14-10(17-18)12(19)20-3/h6H,4-5H2,1-3H3. The van der Waals surface area contributed by atoms with E-state index in [9.17, 15) is 4.79 Å². The molecule has 0 saturated heterocycles. The molecule has 0 aliphatic carbocycles. The van der Waals surface area contributed by atoms with Crippen LogP contribution in [0.5, 0.6) is 0 Å². The lowest BCUT2D eigenvalue weighted by molar-refractivity contribution is 0.0587. The number of aromatic nitrogens is 5. The fraction of sp³-hybridized carbons (Fsp3) is 0.417. The van der Waals surface area contributed by atoms with Crippen LogP contribution in [0.25, 0.3) is 5.82 Å². The summed E-state index contributed by atoms with van der Waals surface area (Å²) >= 11 is 6.10. The van der Waals surface area contributed by atoms with Crippen molar-refractivity contribution in [1.29, 1.82) is 0 Å². The van der Waals surface area contributed by atoms with Gasteiger partial charge in [-0.2, -0.15) is 0 Å². The van der Waals surface area contributed by atoms with Crippen molar-refractivity contribution in [2.75, 3.05) is 7.11 Å². The van der Waals surface area contributed by atoms with Crippen LogP contribution in [0, 0.1) is 6.92 Å². The van der Waals surface area contributed by atoms with Gasteiger partial charge in [0.05, 0.1) is 7.11 Å². The number of rotatable bonds is 4. The van der Waals surface area contributed by atoms with E-state index < -0.39 is 5.97 Å². The van der Waals surface area contributed by atoms with Gasteiger partial charge in [-0.1, -0.05) is 18.5 Å². The van der Waals surface area contributed by atoms with Gasteiger partial charge in [-0.05, 0) is 13.3 Å². The molecule has 7 nitrogen and oxygen atoms in total. The minimum absolute atomic E-state index is 0.0290. The van der Waals surface area contributed by atoms with E-state index in [-0.39, 0.29) is 5.82 Å². The topological polar surface area (TPSA) is 82.8 Å². The Morgan fingerprint density at radius 3 is 2.85 bits per heavy atom. The molecule has 0 spiro atoms. The number of esters is 1. The van der Waals surface area contributed by atoms with Crippen LogP contribution in [0.1, 0.15) is 35.4 Å². The first kappa shape index (κ1) is 14.4. The molecule has 0 saturated carbocycles. The molecule has 20 heavy (non-hydrogen) atoms. The lowest BCUT2D eigenvalue weighted by Gasteiger charge is -2.08. The van der Waals surface area contributed by atoms with Crippen molar-refractivity contribution in [2.24, 2.45) is 0 Å². The molecule has 0 radical (unpaired) electrons. The Hall–Kier alpha value is -2.02. The smallest absolute Gasteiger partial charge is 0.377 e. The van der Waals surface area contributed by atoms with Gasteiger partial charge in [0.1, 0.15) is 17.3 Å². The molecule has 0 fully saturated rings. The number of carbonyl (C=O) groups excluding carboxylic acids is 1. The van der Waals surface area contributed by atoms with Gasteiger partial charge in [0.25, 0.3) is 5.82 Å². The largest absolute Gasteiger partial charge is 0.463 e. The van der Waals surface area contributed by atoms with Gasteiger partial charge in [-0.15, -0.1) is 5.10 Å². The maximum Gasteiger partial charge on any atom is 0.377 e. The summed E-state index contributed by atoms with van der Waals surface area (Å²) in [7, 11) is 1.27. The third-order valence-corrected chi connectivity index (χ3v) is 3.03. The molecule has 106 valence electrons. The highest BCUT2D eigenvalue weighted by molar-refractivity contribution is 6.30. The molecular weight excluding hydrogens is 282 g/mol. The highest BCUT2D eigenvalue weighted by atomic mass is 35.5. The Labute approximate surface area is 121 Å². The van der Waals surface area contributed by atoms with Crippen molar-refractivity contribution in [2.45, 2.75) is 26.7 Å². The van der Waals surface area contributed by atoms with Gasteiger partial charge in [-0.3, -0.25) is 0 Å². The van der Waals surface area contributed by atoms with Gasteiger partial charge in [0.15, 0.2) is 5.82 Å². The fourth-order valence-electron chi connectivity index (χ4n) is 1.63. The lowest BCUT2D eigenvalue weighted by Crippen LogP contribution is -2.09. The van der Waals surface area contributed by atoms with Crippen LogP contribution in [-0.2, 0) is 11.2 Å². The first-order chi connectivity index (χ1) is 9.56. The monoisotopic (exact) mass is 295 g/mol. The Morgan fingerprint density at radius 2 is 2.20 bits per heavy atom. The van der Waals surface area contributed by atoms with Crippen molar-refractivity contribution in [3.8, 4) is 5.82 Å². The van der Waals surface area contributed by atoms with Gasteiger partial charge < -0.3 is 4.74 Å². The highest BCUT2D eigenvalue weighted by Crippen LogP contribution is 2.19. The Kier molecular flexibility index (Phi) is 4.29. The maximum absolute atomic E-state index is 11.4. The molecule has 8 heteroatoms. The van der Waals surface area contributed by atoms with Gasteiger partial charge in [-0.25, -0.2) is 24.4 Å². The molecule has 0 aliphatic heterocycles. The third kappa shape index (κ3) is 2.77. The summed E-state index contributed by atoms with van der Waals surface area (Å²) in [6.07, 6.45) is 3.02. The zero-order valence-electron chi connectivity index (χ0n) is 11.4. The molecule has 0 amide bonds. The quantitative estimate of drug-likeness (QED) is 0.631. The second-order valence-corrected chi connectivity index (χ2v) is 4.49. The molecule has 0 bridgehead atoms. The zero-order valence-corrected chi connectivity index (χ0v) is 12.2. The van der Waals surface area contributed by atoms with E-state index >= 15 is 0 Å². The van der Waals surface area contributed by atoms with E-state index in [4.69, 9.17) is 11.6 Å². The van der Waals surface area contributed by atoms with E-state index in [1.807, 2.05) is 6.92 Å². The summed E-state index contributed by atoms with van der Waals surface area (Å²) in [4.78, 5) is 23.9. The third-order valence-electron chi connectivity index (χ3n) is 2.66. The van der Waals surface area contributed by atoms with Crippen LogP contribution < -0.4 is 0 Å². The van der Waals surface area contributed by atoms with E-state index in [1.165, 1.54) is 18.1 Å². The van der Waals surface area contributed by atoms with Crippen molar-refractivity contribution < 1.29 is 9.53 Å². The van der Waals surface area contributed by atoms with E-state index in [0.29, 0.717) is 28.8 Å². The van der Waals surface area contributed by atoms with Crippen LogP contribution in [0.3, 0.4) is 0 Å². The van der Waals surface area contributed by atoms with E-state index in [0.717, 1.165) is 6.42 Å². The summed E-state index contributed by atoms with van der Waals surface area (Å²) in [6, 6.07) is 0. The predicted octanol–water partition coefficient (Wildman–Crippen LogP) is 1.76. The number of hydrogen-bond donors (Lipinski definition) is 0. The number of ether oxygens (including phenoxy) is 1. The molecule has 2 aromatic rings. The maximum atomic E-state index is 11.4. The van der Waals surface area contributed by atoms with Gasteiger partial charge in [0.2, 0.25) is 0 Å². The molecule has 0 atom stereocenters. The molecule has 0 aromatic carbocycles. The average Bonchev–Trinajstić information content (AvgIpc) is 2.91. The summed E-state index contributed by atoms with van der Waals surface area (Å²) < 4.78 is 5.96. The summed E-state index contributed by atoms with van der Waals surface area (Å²) in [6.45, 7) is 3.81. The molecule has 2 rings (SSSR count). The fourth-order valence-corrected chi connectivity index (χ4v) is 1.81. The number of halogens is 1. The number of aryl methyl sites for hydroxylation is 1. The highest BCUT2D eigenvalue weighted by Gasteiger charge is 2.16. The van der Waals surface area contributed by atoms with Crippen molar-refractivity contribution in [3.63, 3.8) is 0 Å². The van der Waals surface area contributed by atoms with Crippen LogP contribution in [0.15, 0.2) is 6.33 Å². The number of carbonyl (C=O) groups is 1. The van der Waals surface area contributed by atoms with Crippen LogP contribution in [0.4, 0.5) is 0 Å². The Morgan fingerprint density at radius 1 is 1.45 bits per heavy atom. The van der Waals surface area contributed by atoms with Crippen LogP contribution in [0.2, 0.25) is 5.15 Å². The van der Waals surface area contributed by atoms with E-state index in [1.54, 1.807) is 6.92 Å². The second kappa shape index (κ2) is 5.96. The lowest BCUT2D eigenvalue weighted by atomic mass is 10.3. The first-order valence-electron chi connectivity index (χ1n) is 6.10. The minimum atomic E-state index is -0.602. The first-order valence-corrected chi connectivity index (χ1v) is 6.48. The minimum Gasteiger partial charge on any atom is -0.463 e. The van der Waals surface area contributed by atoms with E-state index in [2.05, 4.69) is 24.8 Å². The van der Waals surface area contributed by atoms with Crippen molar-refractivity contribution >= 4 is 17.6 Å². The second-order valence-electron chi connectivity index (χ2n) is 4.13. The zero-order chi connectivity index (χ0) is 14.7. The Balaban J connectivity index is 2.46. The normalized spacial score (nSPS) is 10.6. The van der Waals surface area contributed by atoms with Crippen LogP contribution >= 0.6 is 11.6 Å². The molecule has 0 unspecified atom stereocenters. The number of hydrogen-bond acceptors (Lipinski definition) is 6. The Bertz CT molecular complexity index is 641. The predicted molar refractivity (Wildman–Crippen MR) is 72.0 cm³/mol.